The van der Waals surface area contributed by atoms with Crippen LogP contribution >= 0.6 is 0 Å². The second-order valence-corrected chi connectivity index (χ2v) is 8.23. The third-order valence-electron chi connectivity index (χ3n) is 6.05. The average molecular weight is 364 g/mol. The van der Waals surface area contributed by atoms with E-state index in [-0.39, 0.29) is 36.2 Å². The molecule has 0 bridgehead atoms. The van der Waals surface area contributed by atoms with E-state index in [9.17, 15) is 19.8 Å². The maximum Gasteiger partial charge on any atom is 0.334 e. The van der Waals surface area contributed by atoms with E-state index in [0.29, 0.717) is 24.8 Å². The maximum absolute atomic E-state index is 12.0. The topological polar surface area (TPSA) is 93.1 Å². The Kier molecular flexibility index (Phi) is 5.26. The Morgan fingerprint density at radius 1 is 1.31 bits per heavy atom. The zero-order valence-corrected chi connectivity index (χ0v) is 15.4. The molecular weight excluding hydrogens is 336 g/mol. The molecule has 3 fully saturated rings. The number of fused-ring (bicyclic) bond motifs is 3. The molecule has 0 radical (unpaired) electrons. The zero-order valence-electron chi connectivity index (χ0n) is 15.4. The third kappa shape index (κ3) is 3.21. The minimum Gasteiger partial charge on any atom is -0.465 e. The van der Waals surface area contributed by atoms with Gasteiger partial charge in [0.15, 0.2) is 0 Å². The van der Waals surface area contributed by atoms with E-state index < -0.39 is 30.2 Å². The molecule has 1 aliphatic heterocycles. The Hall–Kier alpha value is -1.66. The quantitative estimate of drug-likeness (QED) is 0.447. The molecule has 7 atom stereocenters. The van der Waals surface area contributed by atoms with Gasteiger partial charge in [-0.1, -0.05) is 32.6 Å². The predicted octanol–water partition coefficient (Wildman–Crippen LogP) is 1.61. The summed E-state index contributed by atoms with van der Waals surface area (Å²) in [6.45, 7) is 11.8. The first-order valence-corrected chi connectivity index (χ1v) is 9.31. The molecular formula is C20H28O6. The number of carbonyl (C=O) groups is 2. The van der Waals surface area contributed by atoms with Crippen LogP contribution in [-0.2, 0) is 19.1 Å². The average Bonchev–Trinajstić information content (AvgIpc) is 2.91. The number of aliphatic hydroxyl groups is 2. The number of esters is 2. The third-order valence-corrected chi connectivity index (χ3v) is 6.05. The van der Waals surface area contributed by atoms with Crippen LogP contribution in [0.4, 0.5) is 0 Å². The molecule has 144 valence electrons. The highest BCUT2D eigenvalue weighted by Gasteiger charge is 2.59. The van der Waals surface area contributed by atoms with Crippen LogP contribution in [0.15, 0.2) is 24.3 Å². The van der Waals surface area contributed by atoms with E-state index in [1.165, 1.54) is 0 Å². The number of ether oxygens (including phenoxy) is 2. The summed E-state index contributed by atoms with van der Waals surface area (Å²) >= 11 is 0. The van der Waals surface area contributed by atoms with E-state index in [2.05, 4.69) is 13.2 Å². The summed E-state index contributed by atoms with van der Waals surface area (Å²) < 4.78 is 11.0. The minimum absolute atomic E-state index is 0.00846. The highest BCUT2D eigenvalue weighted by Crippen LogP contribution is 2.52. The van der Waals surface area contributed by atoms with Gasteiger partial charge in [0.25, 0.3) is 0 Å². The molecule has 2 N–H and O–H groups in total. The van der Waals surface area contributed by atoms with Crippen LogP contribution in [0.3, 0.4) is 0 Å². The van der Waals surface area contributed by atoms with E-state index in [4.69, 9.17) is 9.47 Å². The summed E-state index contributed by atoms with van der Waals surface area (Å²) in [5.74, 6) is -1.95. The minimum atomic E-state index is -1.06. The number of hydrogen-bond acceptors (Lipinski definition) is 6. The number of hydrogen-bond donors (Lipinski definition) is 2. The summed E-state index contributed by atoms with van der Waals surface area (Å²) in [7, 11) is 0. The van der Waals surface area contributed by atoms with Crippen LogP contribution < -0.4 is 0 Å². The highest BCUT2D eigenvalue weighted by atomic mass is 16.6. The van der Waals surface area contributed by atoms with Gasteiger partial charge in [0.2, 0.25) is 0 Å². The van der Waals surface area contributed by atoms with Gasteiger partial charge < -0.3 is 19.7 Å². The molecule has 6 nitrogen and oxygen atoms in total. The largest absolute Gasteiger partial charge is 0.465 e. The molecule has 0 spiro atoms. The van der Waals surface area contributed by atoms with Crippen molar-refractivity contribution in [1.82, 2.24) is 0 Å². The van der Waals surface area contributed by atoms with Gasteiger partial charge in [-0.2, -0.15) is 0 Å². The van der Waals surface area contributed by atoms with Crippen molar-refractivity contribution in [3.8, 4) is 0 Å². The van der Waals surface area contributed by atoms with Gasteiger partial charge in [-0.3, -0.25) is 4.79 Å². The summed E-state index contributed by atoms with van der Waals surface area (Å²) in [5, 5.41) is 21.2. The zero-order chi connectivity index (χ0) is 19.2. The molecule has 2 aliphatic carbocycles. The second-order valence-electron chi connectivity index (χ2n) is 8.23. The highest BCUT2D eigenvalue weighted by molar-refractivity contribution is 5.90. The van der Waals surface area contributed by atoms with Crippen molar-refractivity contribution in [2.75, 3.05) is 6.61 Å². The standard InChI is InChI=1S/C20H28O6/c1-9(2)7-14(21)25-8-13-16-15(18(23)17(13)22)10(3)5-6-12-11(4)20(24)26-19(12)16/h9,12-13,15-19,22-23H,3-8H2,1-2H3/t12-,13-,15-,16-,17+,18+,19-/m0/s1. The molecule has 1 saturated heterocycles. The van der Waals surface area contributed by atoms with E-state index in [1.807, 2.05) is 13.8 Å². The van der Waals surface area contributed by atoms with E-state index in [0.717, 1.165) is 5.57 Å². The molecule has 0 amide bonds. The Bertz CT molecular complexity index is 624. The van der Waals surface area contributed by atoms with Crippen molar-refractivity contribution >= 4 is 11.9 Å². The molecule has 0 unspecified atom stereocenters. The molecule has 26 heavy (non-hydrogen) atoms. The van der Waals surface area contributed by atoms with Gasteiger partial charge in [-0.15, -0.1) is 0 Å². The lowest BCUT2D eigenvalue weighted by Gasteiger charge is -2.30. The van der Waals surface area contributed by atoms with E-state index >= 15 is 0 Å². The SMILES string of the molecule is C=C1CC[C@H]2C(=C)C(=O)O[C@@H]2[C@H]2[C@H](COC(=O)CC(C)C)[C@@H](O)[C@H](O)[C@@H]12. The van der Waals surface area contributed by atoms with Crippen LogP contribution in [-0.4, -0.2) is 47.1 Å². The monoisotopic (exact) mass is 364 g/mol. The van der Waals surface area contributed by atoms with Gasteiger partial charge in [0, 0.05) is 35.7 Å². The maximum atomic E-state index is 12.0. The molecule has 0 aromatic carbocycles. The fourth-order valence-electron chi connectivity index (χ4n) is 4.76. The summed E-state index contributed by atoms with van der Waals surface area (Å²) in [6.07, 6.45) is -0.914. The second kappa shape index (κ2) is 7.16. The lowest BCUT2D eigenvalue weighted by Crippen LogP contribution is -2.37. The predicted molar refractivity (Wildman–Crippen MR) is 93.8 cm³/mol. The summed E-state index contributed by atoms with van der Waals surface area (Å²) in [6, 6.07) is 0. The lowest BCUT2D eigenvalue weighted by molar-refractivity contribution is -0.151. The van der Waals surface area contributed by atoms with Gasteiger partial charge in [-0.25, -0.2) is 4.79 Å². The van der Waals surface area contributed by atoms with Crippen LogP contribution in [0.2, 0.25) is 0 Å². The Morgan fingerprint density at radius 3 is 2.65 bits per heavy atom. The molecule has 6 heteroatoms. The van der Waals surface area contributed by atoms with Crippen LogP contribution in [0.25, 0.3) is 0 Å². The molecule has 1 heterocycles. The van der Waals surface area contributed by atoms with Crippen molar-refractivity contribution < 1.29 is 29.3 Å². The first-order chi connectivity index (χ1) is 12.2. The Morgan fingerprint density at radius 2 is 2.00 bits per heavy atom. The molecule has 0 aromatic heterocycles. The van der Waals surface area contributed by atoms with Gasteiger partial charge >= 0.3 is 11.9 Å². The van der Waals surface area contributed by atoms with Gasteiger partial charge in [-0.05, 0) is 18.8 Å². The van der Waals surface area contributed by atoms with Crippen molar-refractivity contribution in [2.45, 2.75) is 51.4 Å². The number of carbonyl (C=O) groups excluding carboxylic acids is 2. The van der Waals surface area contributed by atoms with E-state index in [1.54, 1.807) is 0 Å². The molecule has 2 saturated carbocycles. The van der Waals surface area contributed by atoms with Gasteiger partial charge in [0.05, 0.1) is 18.8 Å². The summed E-state index contributed by atoms with van der Waals surface area (Å²) in [5.41, 5.74) is 1.28. The first-order valence-electron chi connectivity index (χ1n) is 9.31. The van der Waals surface area contributed by atoms with Crippen LogP contribution in [0.1, 0.15) is 33.1 Å². The Balaban J connectivity index is 1.84. The number of rotatable bonds is 4. The van der Waals surface area contributed by atoms with Crippen LogP contribution in [0.5, 0.6) is 0 Å². The molecule has 3 aliphatic rings. The van der Waals surface area contributed by atoms with Crippen LogP contribution in [0, 0.1) is 29.6 Å². The fraction of sp³-hybridized carbons (Fsp3) is 0.700. The fourth-order valence-corrected chi connectivity index (χ4v) is 4.76. The van der Waals surface area contributed by atoms with Crippen molar-refractivity contribution in [1.29, 1.82) is 0 Å². The van der Waals surface area contributed by atoms with Crippen molar-refractivity contribution in [3.05, 3.63) is 24.3 Å². The van der Waals surface area contributed by atoms with Gasteiger partial charge in [0.1, 0.15) is 6.10 Å². The van der Waals surface area contributed by atoms with Crippen molar-refractivity contribution in [2.24, 2.45) is 29.6 Å². The normalized spacial score (nSPS) is 39.4. The van der Waals surface area contributed by atoms with Crippen molar-refractivity contribution in [3.63, 3.8) is 0 Å². The summed E-state index contributed by atoms with van der Waals surface area (Å²) in [4.78, 5) is 24.0. The first kappa shape index (κ1) is 19.1. The Labute approximate surface area is 153 Å². The lowest BCUT2D eigenvalue weighted by atomic mass is 9.78. The molecule has 0 aromatic rings. The number of aliphatic hydroxyl groups excluding tert-OH is 2. The molecule has 3 rings (SSSR count). The smallest absolute Gasteiger partial charge is 0.334 e.